The molecule has 0 heterocycles. The van der Waals surface area contributed by atoms with Gasteiger partial charge in [-0.3, -0.25) is 9.52 Å². The average Bonchev–Trinajstić information content (AvgIpc) is 2.27. The van der Waals surface area contributed by atoms with Crippen molar-refractivity contribution in [2.45, 2.75) is 25.9 Å². The molecule has 19 heavy (non-hydrogen) atoms. The summed E-state index contributed by atoms with van der Waals surface area (Å²) in [6.07, 6.45) is 1.08. The molecule has 0 saturated heterocycles. The number of carbonyl (C=O) groups is 1. The van der Waals surface area contributed by atoms with Crippen molar-refractivity contribution < 1.29 is 13.2 Å². The van der Waals surface area contributed by atoms with E-state index in [9.17, 15) is 13.2 Å². The third kappa shape index (κ3) is 4.88. The number of nitrogens with one attached hydrogen (secondary N) is 2. The number of anilines is 1. The Morgan fingerprint density at radius 3 is 2.37 bits per heavy atom. The quantitative estimate of drug-likeness (QED) is 0.736. The number of amides is 1. The van der Waals surface area contributed by atoms with Gasteiger partial charge in [0.15, 0.2) is 0 Å². The number of sulfonamides is 1. The minimum Gasteiger partial charge on any atom is -0.348 e. The Bertz CT molecular complexity index is 555. The van der Waals surface area contributed by atoms with Crippen LogP contribution in [0.5, 0.6) is 0 Å². The van der Waals surface area contributed by atoms with Gasteiger partial charge in [0.2, 0.25) is 15.9 Å². The van der Waals surface area contributed by atoms with Crippen LogP contribution in [0, 0.1) is 0 Å². The fraction of sp³-hybridized carbons (Fsp3) is 0.417. The van der Waals surface area contributed by atoms with E-state index in [0.29, 0.717) is 11.3 Å². The van der Waals surface area contributed by atoms with Gasteiger partial charge < -0.3 is 11.1 Å². The Labute approximate surface area is 113 Å². The summed E-state index contributed by atoms with van der Waals surface area (Å²) in [6, 6.07) is 5.93. The third-order valence-electron chi connectivity index (χ3n) is 2.49. The van der Waals surface area contributed by atoms with Crippen LogP contribution in [0.3, 0.4) is 0 Å². The molecule has 0 aliphatic rings. The Morgan fingerprint density at radius 1 is 1.26 bits per heavy atom. The normalized spacial score (nSPS) is 14.5. The second kappa shape index (κ2) is 6.03. The highest BCUT2D eigenvalue weighted by Crippen LogP contribution is 2.23. The van der Waals surface area contributed by atoms with E-state index in [1.807, 2.05) is 0 Å². The predicted molar refractivity (Wildman–Crippen MR) is 75.1 cm³/mol. The summed E-state index contributed by atoms with van der Waals surface area (Å²) < 4.78 is 25.0. The first kappa shape index (κ1) is 15.5. The van der Waals surface area contributed by atoms with Crippen LogP contribution in [-0.4, -0.2) is 26.6 Å². The van der Waals surface area contributed by atoms with Crippen LogP contribution in [0.15, 0.2) is 24.3 Å². The molecule has 0 saturated carbocycles. The van der Waals surface area contributed by atoms with Crippen LogP contribution < -0.4 is 15.8 Å². The van der Waals surface area contributed by atoms with Gasteiger partial charge in [-0.15, -0.1) is 0 Å². The standard InChI is InChI=1S/C12H19N3O3S/c1-8(13)12(16)14-9(2)10-6-4-5-7-11(10)15-19(3,17)18/h4-9,15H,13H2,1-3H3,(H,14,16)/t8-,9?/m1/s1. The molecule has 2 atom stereocenters. The Kier molecular flexibility index (Phi) is 4.90. The molecule has 1 rings (SSSR count). The first-order chi connectivity index (χ1) is 8.70. The zero-order valence-electron chi connectivity index (χ0n) is 11.2. The van der Waals surface area contributed by atoms with Gasteiger partial charge in [0, 0.05) is 0 Å². The van der Waals surface area contributed by atoms with Crippen molar-refractivity contribution in [2.75, 3.05) is 11.0 Å². The molecule has 106 valence electrons. The molecule has 0 spiro atoms. The second-order valence-electron chi connectivity index (χ2n) is 4.48. The lowest BCUT2D eigenvalue weighted by molar-refractivity contribution is -0.122. The largest absolute Gasteiger partial charge is 0.348 e. The molecule has 0 aliphatic heterocycles. The molecule has 0 aliphatic carbocycles. The zero-order valence-corrected chi connectivity index (χ0v) is 12.0. The summed E-state index contributed by atoms with van der Waals surface area (Å²) in [5.41, 5.74) is 6.61. The number of hydrogen-bond acceptors (Lipinski definition) is 4. The van der Waals surface area contributed by atoms with Gasteiger partial charge in [0.05, 0.1) is 24.0 Å². The van der Waals surface area contributed by atoms with Crippen LogP contribution in [0.25, 0.3) is 0 Å². The average molecular weight is 285 g/mol. The summed E-state index contributed by atoms with van der Waals surface area (Å²) >= 11 is 0. The number of hydrogen-bond donors (Lipinski definition) is 3. The van der Waals surface area contributed by atoms with Crippen molar-refractivity contribution in [3.8, 4) is 0 Å². The van der Waals surface area contributed by atoms with Crippen molar-refractivity contribution >= 4 is 21.6 Å². The second-order valence-corrected chi connectivity index (χ2v) is 6.23. The fourth-order valence-corrected chi connectivity index (χ4v) is 2.18. The molecule has 0 radical (unpaired) electrons. The van der Waals surface area contributed by atoms with Crippen molar-refractivity contribution in [3.05, 3.63) is 29.8 Å². The van der Waals surface area contributed by atoms with Crippen LogP contribution >= 0.6 is 0 Å². The highest BCUT2D eigenvalue weighted by Gasteiger charge is 2.16. The number of benzene rings is 1. The van der Waals surface area contributed by atoms with E-state index >= 15 is 0 Å². The summed E-state index contributed by atoms with van der Waals surface area (Å²) in [4.78, 5) is 11.5. The maximum absolute atomic E-state index is 11.5. The molecule has 4 N–H and O–H groups in total. The summed E-state index contributed by atoms with van der Waals surface area (Å²) in [6.45, 7) is 3.35. The van der Waals surface area contributed by atoms with Crippen LogP contribution in [-0.2, 0) is 14.8 Å². The lowest BCUT2D eigenvalue weighted by Gasteiger charge is -2.19. The first-order valence-corrected chi connectivity index (χ1v) is 7.72. The Hall–Kier alpha value is -1.60. The van der Waals surface area contributed by atoms with Gasteiger partial charge in [0.1, 0.15) is 0 Å². The van der Waals surface area contributed by atoms with E-state index in [1.165, 1.54) is 0 Å². The predicted octanol–water partition coefficient (Wildman–Crippen LogP) is 0.582. The Balaban J connectivity index is 2.97. The van der Waals surface area contributed by atoms with Gasteiger partial charge in [-0.25, -0.2) is 8.42 Å². The van der Waals surface area contributed by atoms with Crippen molar-refractivity contribution in [1.29, 1.82) is 0 Å². The molecule has 1 unspecified atom stereocenters. The molecular weight excluding hydrogens is 266 g/mol. The number of nitrogens with two attached hydrogens (primary N) is 1. The van der Waals surface area contributed by atoms with Crippen LogP contribution in [0.1, 0.15) is 25.5 Å². The zero-order chi connectivity index (χ0) is 14.6. The molecule has 7 heteroatoms. The van der Waals surface area contributed by atoms with E-state index in [-0.39, 0.29) is 11.9 Å². The highest BCUT2D eigenvalue weighted by atomic mass is 32.2. The first-order valence-electron chi connectivity index (χ1n) is 5.83. The number of rotatable bonds is 5. The van der Waals surface area contributed by atoms with Crippen LogP contribution in [0.2, 0.25) is 0 Å². The molecule has 0 bridgehead atoms. The van der Waals surface area contributed by atoms with Gasteiger partial charge in [-0.1, -0.05) is 18.2 Å². The molecule has 1 amide bonds. The van der Waals surface area contributed by atoms with E-state index in [0.717, 1.165) is 6.26 Å². The van der Waals surface area contributed by atoms with E-state index in [1.54, 1.807) is 38.1 Å². The van der Waals surface area contributed by atoms with E-state index in [2.05, 4.69) is 10.0 Å². The molecule has 0 aromatic heterocycles. The lowest BCUT2D eigenvalue weighted by atomic mass is 10.1. The Morgan fingerprint density at radius 2 is 1.84 bits per heavy atom. The fourth-order valence-electron chi connectivity index (χ4n) is 1.59. The SMILES string of the molecule is CC(NC(=O)[C@@H](C)N)c1ccccc1NS(C)(=O)=O. The van der Waals surface area contributed by atoms with E-state index < -0.39 is 16.1 Å². The minimum atomic E-state index is -3.37. The molecule has 0 fully saturated rings. The minimum absolute atomic E-state index is 0.290. The van der Waals surface area contributed by atoms with Crippen molar-refractivity contribution in [1.82, 2.24) is 5.32 Å². The van der Waals surface area contributed by atoms with Crippen molar-refractivity contribution in [2.24, 2.45) is 5.73 Å². The molecular formula is C12H19N3O3S. The molecule has 1 aromatic carbocycles. The monoisotopic (exact) mass is 285 g/mol. The third-order valence-corrected chi connectivity index (χ3v) is 3.09. The maximum atomic E-state index is 11.5. The summed E-state index contributed by atoms with van der Waals surface area (Å²) in [5, 5.41) is 2.72. The highest BCUT2D eigenvalue weighted by molar-refractivity contribution is 7.92. The van der Waals surface area contributed by atoms with Crippen LogP contribution in [0.4, 0.5) is 5.69 Å². The lowest BCUT2D eigenvalue weighted by Crippen LogP contribution is -2.39. The van der Waals surface area contributed by atoms with Gasteiger partial charge in [-0.05, 0) is 25.5 Å². The van der Waals surface area contributed by atoms with Gasteiger partial charge in [0.25, 0.3) is 0 Å². The summed E-state index contributed by atoms with van der Waals surface area (Å²) in [7, 11) is -3.37. The molecule has 1 aromatic rings. The van der Waals surface area contributed by atoms with Gasteiger partial charge in [-0.2, -0.15) is 0 Å². The number of carbonyl (C=O) groups excluding carboxylic acids is 1. The smallest absolute Gasteiger partial charge is 0.237 e. The summed E-state index contributed by atoms with van der Waals surface area (Å²) in [5.74, 6) is -0.290. The molecule has 6 nitrogen and oxygen atoms in total. The van der Waals surface area contributed by atoms with Gasteiger partial charge >= 0.3 is 0 Å². The van der Waals surface area contributed by atoms with E-state index in [4.69, 9.17) is 5.73 Å². The topological polar surface area (TPSA) is 101 Å². The maximum Gasteiger partial charge on any atom is 0.237 e. The van der Waals surface area contributed by atoms with Crippen molar-refractivity contribution in [3.63, 3.8) is 0 Å². The number of para-hydroxylation sites is 1.